The summed E-state index contributed by atoms with van der Waals surface area (Å²) in [6.07, 6.45) is 1.25. The van der Waals surface area contributed by atoms with Crippen LogP contribution in [-0.4, -0.2) is 37.7 Å². The Hall–Kier alpha value is -0.0800. The fraction of sp³-hybridized carbons (Fsp3) is 1.00. The van der Waals surface area contributed by atoms with E-state index in [1.807, 2.05) is 13.8 Å². The van der Waals surface area contributed by atoms with Gasteiger partial charge in [0.15, 0.2) is 0 Å². The number of ether oxygens (including phenoxy) is 1. The van der Waals surface area contributed by atoms with Gasteiger partial charge in [0.05, 0.1) is 6.61 Å². The van der Waals surface area contributed by atoms with E-state index >= 15 is 0 Å². The Bertz CT molecular complexity index is 109. The predicted molar refractivity (Wildman–Crippen MR) is 58.0 cm³/mol. The highest BCUT2D eigenvalue weighted by Crippen LogP contribution is 2.13. The van der Waals surface area contributed by atoms with Gasteiger partial charge in [-0.2, -0.15) is 0 Å². The van der Waals surface area contributed by atoms with Gasteiger partial charge in [-0.15, -0.1) is 0 Å². The van der Waals surface area contributed by atoms with E-state index in [9.17, 15) is 0 Å². The van der Waals surface area contributed by atoms with Crippen molar-refractivity contribution in [2.75, 3.05) is 26.8 Å². The second-order valence-corrected chi connectivity index (χ2v) is 3.76. The van der Waals surface area contributed by atoms with E-state index in [2.05, 4.69) is 25.8 Å². The van der Waals surface area contributed by atoms with Gasteiger partial charge in [0.1, 0.15) is 0 Å². The van der Waals surface area contributed by atoms with Crippen LogP contribution in [0.1, 0.15) is 34.1 Å². The molecule has 1 aliphatic rings. The molecule has 80 valence electrons. The van der Waals surface area contributed by atoms with Crippen LogP contribution in [0.25, 0.3) is 0 Å². The molecule has 1 rings (SSSR count). The smallest absolute Gasteiger partial charge is 0.0507 e. The van der Waals surface area contributed by atoms with Gasteiger partial charge in [-0.1, -0.05) is 13.8 Å². The maximum absolute atomic E-state index is 5.31. The van der Waals surface area contributed by atoms with Gasteiger partial charge in [0, 0.05) is 19.2 Å². The highest BCUT2D eigenvalue weighted by molar-refractivity contribution is 4.69. The van der Waals surface area contributed by atoms with Crippen molar-refractivity contribution < 1.29 is 4.74 Å². The van der Waals surface area contributed by atoms with Crippen molar-refractivity contribution >= 4 is 0 Å². The summed E-state index contributed by atoms with van der Waals surface area (Å²) < 4.78 is 5.31. The molecule has 0 N–H and O–H groups in total. The lowest BCUT2D eigenvalue weighted by molar-refractivity contribution is 0.166. The molecule has 1 saturated heterocycles. The monoisotopic (exact) mass is 187 g/mol. The van der Waals surface area contributed by atoms with Crippen molar-refractivity contribution in [1.82, 2.24) is 4.90 Å². The molecule has 0 aromatic carbocycles. The molecule has 1 aliphatic heterocycles. The van der Waals surface area contributed by atoms with Crippen LogP contribution in [0.3, 0.4) is 0 Å². The Morgan fingerprint density at radius 3 is 2.38 bits per heavy atom. The standard InChI is InChI=1S/C9H19NO.C2H6/c1-8(2)10(3)6-9-4-5-11-7-9;1-2/h8-9H,4-7H2,1-3H3;1-2H3. The molecule has 1 fully saturated rings. The Balaban J connectivity index is 0.000000671. The Morgan fingerprint density at radius 1 is 1.38 bits per heavy atom. The number of rotatable bonds is 3. The minimum Gasteiger partial charge on any atom is -0.381 e. The van der Waals surface area contributed by atoms with Crippen molar-refractivity contribution in [3.05, 3.63) is 0 Å². The zero-order chi connectivity index (χ0) is 10.3. The van der Waals surface area contributed by atoms with Gasteiger partial charge in [-0.05, 0) is 33.2 Å². The molecular formula is C11H25NO. The van der Waals surface area contributed by atoms with E-state index in [4.69, 9.17) is 4.74 Å². The lowest BCUT2D eigenvalue weighted by atomic mass is 10.1. The first-order valence-corrected chi connectivity index (χ1v) is 5.48. The summed E-state index contributed by atoms with van der Waals surface area (Å²) in [5.74, 6) is 0.780. The summed E-state index contributed by atoms with van der Waals surface area (Å²) in [7, 11) is 2.18. The largest absolute Gasteiger partial charge is 0.381 e. The van der Waals surface area contributed by atoms with Gasteiger partial charge in [0.25, 0.3) is 0 Å². The Kier molecular flexibility index (Phi) is 7.29. The first kappa shape index (κ1) is 12.9. The van der Waals surface area contributed by atoms with Gasteiger partial charge in [-0.25, -0.2) is 0 Å². The van der Waals surface area contributed by atoms with Gasteiger partial charge in [0.2, 0.25) is 0 Å². The normalized spacial score (nSPS) is 21.9. The van der Waals surface area contributed by atoms with E-state index in [0.717, 1.165) is 19.1 Å². The number of hydrogen-bond donors (Lipinski definition) is 0. The number of hydrogen-bond acceptors (Lipinski definition) is 2. The molecule has 0 spiro atoms. The zero-order valence-electron chi connectivity index (χ0n) is 9.84. The average Bonchev–Trinajstić information content (AvgIpc) is 2.60. The second kappa shape index (κ2) is 7.34. The fourth-order valence-electron chi connectivity index (χ4n) is 1.35. The molecule has 1 heterocycles. The topological polar surface area (TPSA) is 12.5 Å². The van der Waals surface area contributed by atoms with Crippen LogP contribution in [0.2, 0.25) is 0 Å². The van der Waals surface area contributed by atoms with Gasteiger partial charge in [-0.3, -0.25) is 0 Å². The minimum absolute atomic E-state index is 0.663. The molecule has 0 saturated carbocycles. The highest BCUT2D eigenvalue weighted by Gasteiger charge is 2.17. The van der Waals surface area contributed by atoms with Crippen molar-refractivity contribution in [1.29, 1.82) is 0 Å². The summed E-state index contributed by atoms with van der Waals surface area (Å²) in [6, 6.07) is 0.663. The third-order valence-electron chi connectivity index (χ3n) is 2.45. The summed E-state index contributed by atoms with van der Waals surface area (Å²) in [5, 5.41) is 0. The van der Waals surface area contributed by atoms with E-state index in [-0.39, 0.29) is 0 Å². The SMILES string of the molecule is CC.CC(C)N(C)CC1CCOC1. The van der Waals surface area contributed by atoms with E-state index in [0.29, 0.717) is 6.04 Å². The van der Waals surface area contributed by atoms with Crippen molar-refractivity contribution in [3.8, 4) is 0 Å². The first-order valence-electron chi connectivity index (χ1n) is 5.48. The molecule has 0 aromatic rings. The third-order valence-corrected chi connectivity index (χ3v) is 2.45. The molecule has 1 unspecified atom stereocenters. The molecule has 0 aliphatic carbocycles. The van der Waals surface area contributed by atoms with Crippen LogP contribution in [-0.2, 0) is 4.74 Å². The lowest BCUT2D eigenvalue weighted by Crippen LogP contribution is -2.31. The molecule has 1 atom stereocenters. The summed E-state index contributed by atoms with van der Waals surface area (Å²) >= 11 is 0. The van der Waals surface area contributed by atoms with Crippen LogP contribution in [0.4, 0.5) is 0 Å². The summed E-state index contributed by atoms with van der Waals surface area (Å²) in [5.41, 5.74) is 0. The minimum atomic E-state index is 0.663. The van der Waals surface area contributed by atoms with Crippen molar-refractivity contribution in [2.24, 2.45) is 5.92 Å². The van der Waals surface area contributed by atoms with Crippen LogP contribution >= 0.6 is 0 Å². The van der Waals surface area contributed by atoms with E-state index in [1.54, 1.807) is 0 Å². The van der Waals surface area contributed by atoms with E-state index in [1.165, 1.54) is 13.0 Å². The Morgan fingerprint density at radius 2 is 2.00 bits per heavy atom. The van der Waals surface area contributed by atoms with Crippen LogP contribution < -0.4 is 0 Å². The molecule has 0 amide bonds. The van der Waals surface area contributed by atoms with Crippen LogP contribution in [0, 0.1) is 5.92 Å². The average molecular weight is 187 g/mol. The summed E-state index contributed by atoms with van der Waals surface area (Å²) in [4.78, 5) is 2.39. The van der Waals surface area contributed by atoms with Crippen molar-refractivity contribution in [3.63, 3.8) is 0 Å². The Labute approximate surface area is 83.3 Å². The quantitative estimate of drug-likeness (QED) is 0.672. The number of nitrogens with zero attached hydrogens (tertiary/aromatic N) is 1. The maximum atomic E-state index is 5.31. The lowest BCUT2D eigenvalue weighted by Gasteiger charge is -2.23. The maximum Gasteiger partial charge on any atom is 0.0507 e. The highest BCUT2D eigenvalue weighted by atomic mass is 16.5. The van der Waals surface area contributed by atoms with E-state index < -0.39 is 0 Å². The molecule has 13 heavy (non-hydrogen) atoms. The second-order valence-electron chi connectivity index (χ2n) is 3.76. The molecule has 0 bridgehead atoms. The zero-order valence-corrected chi connectivity index (χ0v) is 9.84. The van der Waals surface area contributed by atoms with Crippen molar-refractivity contribution in [2.45, 2.75) is 40.2 Å². The van der Waals surface area contributed by atoms with Crippen LogP contribution in [0.15, 0.2) is 0 Å². The van der Waals surface area contributed by atoms with Crippen LogP contribution in [0.5, 0.6) is 0 Å². The predicted octanol–water partition coefficient (Wildman–Crippen LogP) is 2.39. The third kappa shape index (κ3) is 5.27. The summed E-state index contributed by atoms with van der Waals surface area (Å²) in [6.45, 7) is 11.6. The molecular weight excluding hydrogens is 162 g/mol. The molecule has 0 aromatic heterocycles. The first-order chi connectivity index (χ1) is 6.20. The molecule has 2 heteroatoms. The molecule has 2 nitrogen and oxygen atoms in total. The molecule has 0 radical (unpaired) electrons. The fourth-order valence-corrected chi connectivity index (χ4v) is 1.35. The van der Waals surface area contributed by atoms with Gasteiger partial charge >= 0.3 is 0 Å². The van der Waals surface area contributed by atoms with Gasteiger partial charge < -0.3 is 9.64 Å².